The molecule has 0 radical (unpaired) electrons. The highest BCUT2D eigenvalue weighted by molar-refractivity contribution is 7.18. The Morgan fingerprint density at radius 2 is 1.93 bits per heavy atom. The van der Waals surface area contributed by atoms with E-state index in [0.29, 0.717) is 16.6 Å². The van der Waals surface area contributed by atoms with E-state index in [-0.39, 0.29) is 18.3 Å². The minimum atomic E-state index is -0.372. The van der Waals surface area contributed by atoms with Gasteiger partial charge < -0.3 is 4.74 Å². The highest BCUT2D eigenvalue weighted by atomic mass is 32.1. The molecule has 0 spiro atoms. The molecule has 1 N–H and O–H groups in total. The van der Waals surface area contributed by atoms with Crippen LogP contribution in [0.2, 0.25) is 0 Å². The van der Waals surface area contributed by atoms with Crippen molar-refractivity contribution in [3.63, 3.8) is 0 Å². The predicted molar refractivity (Wildman–Crippen MR) is 108 cm³/mol. The lowest BCUT2D eigenvalue weighted by atomic mass is 10.1. The van der Waals surface area contributed by atoms with E-state index in [4.69, 9.17) is 4.74 Å². The lowest BCUT2D eigenvalue weighted by Gasteiger charge is -2.05. The summed E-state index contributed by atoms with van der Waals surface area (Å²) in [4.78, 5) is 20.8. The Balaban J connectivity index is 1.53. The summed E-state index contributed by atoms with van der Waals surface area (Å²) >= 11 is 1.28. The number of anilines is 1. The molecule has 0 fully saturated rings. The second kappa shape index (κ2) is 8.19. The zero-order valence-corrected chi connectivity index (χ0v) is 16.2. The first-order chi connectivity index (χ1) is 14.1. The number of ether oxygens (including phenoxy) is 1. The Morgan fingerprint density at radius 1 is 1.17 bits per heavy atom. The van der Waals surface area contributed by atoms with Crippen LogP contribution in [0.25, 0.3) is 16.3 Å². The van der Waals surface area contributed by atoms with Crippen molar-refractivity contribution in [3.05, 3.63) is 72.6 Å². The molecular weight excluding hydrogens is 393 g/mol. The van der Waals surface area contributed by atoms with Gasteiger partial charge in [0.15, 0.2) is 11.7 Å². The summed E-state index contributed by atoms with van der Waals surface area (Å²) in [5.41, 5.74) is 2.73. The molecule has 7 nitrogen and oxygen atoms in total. The second-order valence-electron chi connectivity index (χ2n) is 6.17. The van der Waals surface area contributed by atoms with Gasteiger partial charge in [-0.15, -0.1) is 0 Å². The number of benzene rings is 2. The summed E-state index contributed by atoms with van der Waals surface area (Å²) in [5.74, 6) is -0.332. The van der Waals surface area contributed by atoms with Gasteiger partial charge in [0.2, 0.25) is 0 Å². The molecular formula is C20H16FN5O2S. The Morgan fingerprint density at radius 3 is 2.62 bits per heavy atom. The third-order valence-corrected chi connectivity index (χ3v) is 4.95. The zero-order valence-electron chi connectivity index (χ0n) is 15.4. The SMILES string of the molecule is Cc1ccc(-c2nc(NC(=O)COc3ccc(F)cc3)sc2-n2cncn2)cc1. The van der Waals surface area contributed by atoms with Crippen molar-refractivity contribution in [1.29, 1.82) is 0 Å². The van der Waals surface area contributed by atoms with Crippen molar-refractivity contribution >= 4 is 22.4 Å². The molecule has 2 heterocycles. The van der Waals surface area contributed by atoms with E-state index in [0.717, 1.165) is 16.1 Å². The van der Waals surface area contributed by atoms with Crippen LogP contribution in [0.15, 0.2) is 61.2 Å². The molecule has 4 rings (SSSR count). The van der Waals surface area contributed by atoms with Gasteiger partial charge in [0.1, 0.15) is 34.9 Å². The first-order valence-electron chi connectivity index (χ1n) is 8.69. The normalized spacial score (nSPS) is 10.7. The molecule has 4 aromatic rings. The molecule has 9 heteroatoms. The van der Waals surface area contributed by atoms with E-state index in [9.17, 15) is 9.18 Å². The maximum atomic E-state index is 12.9. The van der Waals surface area contributed by atoms with Crippen LogP contribution in [-0.4, -0.2) is 32.3 Å². The maximum absolute atomic E-state index is 12.9. The van der Waals surface area contributed by atoms with Gasteiger partial charge >= 0.3 is 0 Å². The van der Waals surface area contributed by atoms with E-state index in [2.05, 4.69) is 20.4 Å². The number of hydrogen-bond donors (Lipinski definition) is 1. The number of rotatable bonds is 6. The van der Waals surface area contributed by atoms with Crippen LogP contribution in [0.4, 0.5) is 9.52 Å². The topological polar surface area (TPSA) is 81.9 Å². The Labute approximate surface area is 169 Å². The minimum absolute atomic E-state index is 0.219. The number of amides is 1. The van der Waals surface area contributed by atoms with Crippen LogP contribution in [0.5, 0.6) is 5.75 Å². The molecule has 0 saturated carbocycles. The number of nitrogens with zero attached hydrogens (tertiary/aromatic N) is 4. The van der Waals surface area contributed by atoms with Gasteiger partial charge in [-0.25, -0.2) is 19.0 Å². The van der Waals surface area contributed by atoms with E-state index in [1.165, 1.54) is 41.9 Å². The van der Waals surface area contributed by atoms with Gasteiger partial charge in [-0.05, 0) is 31.2 Å². The highest BCUT2D eigenvalue weighted by Crippen LogP contribution is 2.33. The van der Waals surface area contributed by atoms with Crippen LogP contribution < -0.4 is 10.1 Å². The molecule has 0 saturated heterocycles. The summed E-state index contributed by atoms with van der Waals surface area (Å²) in [6.07, 6.45) is 3.02. The number of halogens is 1. The van der Waals surface area contributed by atoms with Crippen LogP contribution in [0, 0.1) is 12.7 Å². The lowest BCUT2D eigenvalue weighted by Crippen LogP contribution is -2.20. The van der Waals surface area contributed by atoms with Gasteiger partial charge in [0, 0.05) is 5.56 Å². The van der Waals surface area contributed by atoms with Crippen molar-refractivity contribution < 1.29 is 13.9 Å². The quantitative estimate of drug-likeness (QED) is 0.523. The number of aryl methyl sites for hydroxylation is 1. The first kappa shape index (κ1) is 18.8. The largest absolute Gasteiger partial charge is 0.484 e. The van der Waals surface area contributed by atoms with Crippen LogP contribution in [0.1, 0.15) is 5.56 Å². The lowest BCUT2D eigenvalue weighted by molar-refractivity contribution is -0.118. The Kier molecular flexibility index (Phi) is 5.30. The summed E-state index contributed by atoms with van der Waals surface area (Å²) in [6.45, 7) is 1.79. The number of aromatic nitrogens is 4. The smallest absolute Gasteiger partial charge is 0.264 e. The fourth-order valence-corrected chi connectivity index (χ4v) is 3.50. The molecule has 0 atom stereocenters. The van der Waals surface area contributed by atoms with Crippen LogP contribution in [0.3, 0.4) is 0 Å². The number of carbonyl (C=O) groups is 1. The standard InChI is InChI=1S/C20H16FN5O2S/c1-13-2-4-14(5-3-13)18-19(26-12-22-11-23-26)29-20(25-18)24-17(27)10-28-16-8-6-15(21)7-9-16/h2-9,11-12H,10H2,1H3,(H,24,25,27). The predicted octanol–water partition coefficient (Wildman–Crippen LogP) is 3.86. The molecule has 146 valence electrons. The average Bonchev–Trinajstić information content (AvgIpc) is 3.38. The number of nitrogens with one attached hydrogen (secondary N) is 1. The van der Waals surface area contributed by atoms with E-state index < -0.39 is 0 Å². The summed E-state index contributed by atoms with van der Waals surface area (Å²) < 4.78 is 19.9. The fraction of sp³-hybridized carbons (Fsp3) is 0.100. The Bertz CT molecular complexity index is 1110. The van der Waals surface area contributed by atoms with Crippen molar-refractivity contribution in [2.24, 2.45) is 0 Å². The molecule has 2 aromatic carbocycles. The third-order valence-electron chi connectivity index (χ3n) is 3.99. The second-order valence-corrected chi connectivity index (χ2v) is 7.15. The zero-order chi connectivity index (χ0) is 20.2. The van der Waals surface area contributed by atoms with E-state index in [1.54, 1.807) is 11.0 Å². The van der Waals surface area contributed by atoms with E-state index >= 15 is 0 Å². The number of carbonyl (C=O) groups excluding carboxylic acids is 1. The van der Waals surface area contributed by atoms with Gasteiger partial charge in [-0.3, -0.25) is 10.1 Å². The van der Waals surface area contributed by atoms with Crippen molar-refractivity contribution in [2.75, 3.05) is 11.9 Å². The monoisotopic (exact) mass is 409 g/mol. The summed E-state index contributed by atoms with van der Waals surface area (Å²) in [7, 11) is 0. The molecule has 0 aliphatic rings. The first-order valence-corrected chi connectivity index (χ1v) is 9.51. The van der Waals surface area contributed by atoms with Gasteiger partial charge in [-0.1, -0.05) is 41.2 Å². The van der Waals surface area contributed by atoms with Crippen molar-refractivity contribution in [1.82, 2.24) is 19.7 Å². The molecule has 0 aliphatic heterocycles. The fourth-order valence-electron chi connectivity index (χ4n) is 2.57. The van der Waals surface area contributed by atoms with Crippen LogP contribution in [-0.2, 0) is 4.79 Å². The summed E-state index contributed by atoms with van der Waals surface area (Å²) in [5, 5.41) is 8.06. The summed E-state index contributed by atoms with van der Waals surface area (Å²) in [6, 6.07) is 13.4. The molecule has 1 amide bonds. The average molecular weight is 409 g/mol. The molecule has 2 aromatic heterocycles. The molecule has 29 heavy (non-hydrogen) atoms. The van der Waals surface area contributed by atoms with E-state index in [1.807, 2.05) is 31.2 Å². The van der Waals surface area contributed by atoms with Gasteiger partial charge in [0.05, 0.1) is 0 Å². The number of hydrogen-bond acceptors (Lipinski definition) is 6. The Hall–Kier alpha value is -3.59. The van der Waals surface area contributed by atoms with Crippen molar-refractivity contribution in [3.8, 4) is 22.0 Å². The van der Waals surface area contributed by atoms with Gasteiger partial charge in [0.25, 0.3) is 5.91 Å². The maximum Gasteiger partial charge on any atom is 0.264 e. The molecule has 0 aliphatic carbocycles. The van der Waals surface area contributed by atoms with Crippen LogP contribution >= 0.6 is 11.3 Å². The highest BCUT2D eigenvalue weighted by Gasteiger charge is 2.17. The van der Waals surface area contributed by atoms with Gasteiger partial charge in [-0.2, -0.15) is 5.10 Å². The third kappa shape index (κ3) is 4.46. The number of thiazole rings is 1. The molecule has 0 unspecified atom stereocenters. The van der Waals surface area contributed by atoms with Crippen molar-refractivity contribution in [2.45, 2.75) is 6.92 Å². The molecule has 0 bridgehead atoms. The minimum Gasteiger partial charge on any atom is -0.484 e.